The van der Waals surface area contributed by atoms with E-state index in [9.17, 15) is 9.50 Å². The number of likely N-dealkylation sites (N-methyl/N-ethyl adjacent to an activating group) is 1. The lowest BCUT2D eigenvalue weighted by Crippen LogP contribution is -2.57. The van der Waals surface area contributed by atoms with Crippen molar-refractivity contribution in [2.45, 2.75) is 31.7 Å². The highest BCUT2D eigenvalue weighted by Crippen LogP contribution is 2.40. The third-order valence-electron chi connectivity index (χ3n) is 4.15. The summed E-state index contributed by atoms with van der Waals surface area (Å²) in [6.07, 6.45) is 3.31. The van der Waals surface area contributed by atoms with Gasteiger partial charge >= 0.3 is 0 Å². The minimum absolute atomic E-state index is 0.0937. The van der Waals surface area contributed by atoms with Gasteiger partial charge in [0, 0.05) is 13.6 Å². The van der Waals surface area contributed by atoms with Gasteiger partial charge in [0.05, 0.1) is 17.8 Å². The summed E-state index contributed by atoms with van der Waals surface area (Å²) in [5.74, 6) is 0.279. The first-order valence-electron chi connectivity index (χ1n) is 7.44. The van der Waals surface area contributed by atoms with Crippen LogP contribution in [0.15, 0.2) is 24.3 Å². The summed E-state index contributed by atoms with van der Waals surface area (Å²) >= 11 is 0. The molecule has 0 spiro atoms. The second-order valence-corrected chi connectivity index (χ2v) is 5.82. The Balaban J connectivity index is 2.12. The van der Waals surface area contributed by atoms with Crippen molar-refractivity contribution >= 4 is 5.69 Å². The average Bonchev–Trinajstić information content (AvgIpc) is 3.29. The van der Waals surface area contributed by atoms with Crippen LogP contribution < -0.4 is 10.2 Å². The number of benzene rings is 1. The van der Waals surface area contributed by atoms with Gasteiger partial charge < -0.3 is 15.3 Å². The van der Waals surface area contributed by atoms with Gasteiger partial charge in [-0.25, -0.2) is 4.39 Å². The highest BCUT2D eigenvalue weighted by atomic mass is 19.1. The van der Waals surface area contributed by atoms with E-state index in [1.807, 2.05) is 18.0 Å². The molecule has 0 aromatic heterocycles. The van der Waals surface area contributed by atoms with E-state index in [2.05, 4.69) is 12.2 Å². The lowest BCUT2D eigenvalue weighted by atomic mass is 9.93. The molecule has 0 heterocycles. The average molecular weight is 280 g/mol. The van der Waals surface area contributed by atoms with Crippen LogP contribution in [-0.2, 0) is 0 Å². The van der Waals surface area contributed by atoms with E-state index in [-0.39, 0.29) is 18.0 Å². The summed E-state index contributed by atoms with van der Waals surface area (Å²) < 4.78 is 13.9. The number of hydrogen-bond acceptors (Lipinski definition) is 3. The lowest BCUT2D eigenvalue weighted by molar-refractivity contribution is 0.145. The van der Waals surface area contributed by atoms with Crippen molar-refractivity contribution in [2.75, 3.05) is 31.6 Å². The molecule has 4 heteroatoms. The molecule has 1 aliphatic rings. The van der Waals surface area contributed by atoms with Gasteiger partial charge in [-0.05, 0) is 43.9 Å². The van der Waals surface area contributed by atoms with Gasteiger partial charge in [-0.15, -0.1) is 0 Å². The maximum absolute atomic E-state index is 13.9. The number of para-hydroxylation sites is 1. The molecule has 1 fully saturated rings. The Hall–Kier alpha value is -1.13. The first kappa shape index (κ1) is 15.3. The van der Waals surface area contributed by atoms with Gasteiger partial charge in [0.1, 0.15) is 5.82 Å². The summed E-state index contributed by atoms with van der Waals surface area (Å²) in [5, 5.41) is 13.4. The van der Waals surface area contributed by atoms with E-state index >= 15 is 0 Å². The normalized spacial score (nSPS) is 17.8. The van der Waals surface area contributed by atoms with Crippen molar-refractivity contribution in [1.82, 2.24) is 5.32 Å². The van der Waals surface area contributed by atoms with Gasteiger partial charge in [0.15, 0.2) is 0 Å². The molecular weight excluding hydrogens is 255 g/mol. The van der Waals surface area contributed by atoms with Crippen LogP contribution >= 0.6 is 0 Å². The van der Waals surface area contributed by atoms with E-state index < -0.39 is 0 Å². The molecular formula is C16H25FN2O. The topological polar surface area (TPSA) is 35.5 Å². The number of anilines is 1. The third kappa shape index (κ3) is 3.30. The van der Waals surface area contributed by atoms with Crippen molar-refractivity contribution < 1.29 is 9.50 Å². The largest absolute Gasteiger partial charge is 0.394 e. The molecule has 0 radical (unpaired) electrons. The van der Waals surface area contributed by atoms with E-state index in [0.717, 1.165) is 25.8 Å². The first-order valence-corrected chi connectivity index (χ1v) is 7.44. The molecule has 0 aliphatic heterocycles. The number of aliphatic hydroxyl groups excluding tert-OH is 1. The first-order chi connectivity index (χ1) is 9.63. The summed E-state index contributed by atoms with van der Waals surface area (Å²) in [6.45, 7) is 3.70. The lowest BCUT2D eigenvalue weighted by Gasteiger charge is -2.38. The monoisotopic (exact) mass is 280 g/mol. The number of nitrogens with one attached hydrogen (secondary N) is 1. The fourth-order valence-corrected chi connectivity index (χ4v) is 2.84. The minimum atomic E-state index is -0.312. The zero-order valence-electron chi connectivity index (χ0n) is 12.4. The van der Waals surface area contributed by atoms with Gasteiger partial charge in [0.25, 0.3) is 0 Å². The number of rotatable bonds is 8. The Bertz CT molecular complexity index is 436. The fourth-order valence-electron chi connectivity index (χ4n) is 2.84. The quantitative estimate of drug-likeness (QED) is 0.767. The number of halogens is 1. The van der Waals surface area contributed by atoms with Crippen molar-refractivity contribution in [2.24, 2.45) is 5.92 Å². The number of aliphatic hydroxyl groups is 1. The van der Waals surface area contributed by atoms with Gasteiger partial charge in [0.2, 0.25) is 0 Å². The van der Waals surface area contributed by atoms with Crippen molar-refractivity contribution in [3.05, 3.63) is 30.1 Å². The zero-order chi connectivity index (χ0) is 14.6. The molecule has 0 saturated heterocycles. The Morgan fingerprint density at radius 1 is 1.40 bits per heavy atom. The molecule has 0 bridgehead atoms. The Labute approximate surface area is 120 Å². The van der Waals surface area contributed by atoms with Crippen LogP contribution in [0.5, 0.6) is 0 Å². The van der Waals surface area contributed by atoms with Crippen LogP contribution in [0.4, 0.5) is 10.1 Å². The molecule has 1 aliphatic carbocycles. The summed E-state index contributed by atoms with van der Waals surface area (Å²) in [4.78, 5) is 1.91. The van der Waals surface area contributed by atoms with Crippen LogP contribution in [0.2, 0.25) is 0 Å². The van der Waals surface area contributed by atoms with E-state index in [1.165, 1.54) is 6.07 Å². The van der Waals surface area contributed by atoms with Crippen molar-refractivity contribution in [1.29, 1.82) is 0 Å². The second-order valence-electron chi connectivity index (χ2n) is 5.82. The molecule has 0 amide bonds. The predicted molar refractivity (Wildman–Crippen MR) is 80.5 cm³/mol. The Morgan fingerprint density at radius 3 is 2.65 bits per heavy atom. The summed E-state index contributed by atoms with van der Waals surface area (Å²) in [7, 11) is 1.89. The van der Waals surface area contributed by atoms with Gasteiger partial charge in [-0.3, -0.25) is 0 Å². The maximum atomic E-state index is 13.9. The molecule has 20 heavy (non-hydrogen) atoms. The summed E-state index contributed by atoms with van der Waals surface area (Å²) in [5.41, 5.74) is 0.275. The molecule has 112 valence electrons. The van der Waals surface area contributed by atoms with Crippen LogP contribution in [0, 0.1) is 11.7 Å². The summed E-state index contributed by atoms with van der Waals surface area (Å²) in [6, 6.07) is 6.79. The highest BCUT2D eigenvalue weighted by molar-refractivity contribution is 5.47. The zero-order valence-corrected chi connectivity index (χ0v) is 12.4. The SMILES string of the molecule is CCCNC(CO)(CN(C)c1ccccc1F)C1CC1. The molecule has 2 rings (SSSR count). The molecule has 2 N–H and O–H groups in total. The molecule has 1 aromatic rings. The van der Waals surface area contributed by atoms with E-state index in [1.54, 1.807) is 12.1 Å². The molecule has 1 saturated carbocycles. The minimum Gasteiger partial charge on any atom is -0.394 e. The predicted octanol–water partition coefficient (Wildman–Crippen LogP) is 2.40. The van der Waals surface area contributed by atoms with E-state index in [4.69, 9.17) is 0 Å². The molecule has 3 nitrogen and oxygen atoms in total. The Morgan fingerprint density at radius 2 is 2.10 bits per heavy atom. The van der Waals surface area contributed by atoms with Gasteiger partial charge in [-0.2, -0.15) is 0 Å². The van der Waals surface area contributed by atoms with Crippen LogP contribution in [0.1, 0.15) is 26.2 Å². The third-order valence-corrected chi connectivity index (χ3v) is 4.15. The smallest absolute Gasteiger partial charge is 0.146 e. The van der Waals surface area contributed by atoms with Crippen LogP contribution in [-0.4, -0.2) is 37.4 Å². The number of nitrogens with zero attached hydrogens (tertiary/aromatic N) is 1. The Kier molecular flexibility index (Phi) is 5.00. The van der Waals surface area contributed by atoms with Crippen molar-refractivity contribution in [3.63, 3.8) is 0 Å². The van der Waals surface area contributed by atoms with Crippen molar-refractivity contribution in [3.8, 4) is 0 Å². The number of hydrogen-bond donors (Lipinski definition) is 2. The van der Waals surface area contributed by atoms with Crippen LogP contribution in [0.3, 0.4) is 0 Å². The van der Waals surface area contributed by atoms with Crippen LogP contribution in [0.25, 0.3) is 0 Å². The second kappa shape index (κ2) is 6.55. The molecule has 1 aromatic carbocycles. The fraction of sp³-hybridized carbons (Fsp3) is 0.625. The van der Waals surface area contributed by atoms with Gasteiger partial charge in [-0.1, -0.05) is 19.1 Å². The highest BCUT2D eigenvalue weighted by Gasteiger charge is 2.45. The molecule has 1 unspecified atom stereocenters. The van der Waals surface area contributed by atoms with E-state index in [0.29, 0.717) is 18.2 Å². The maximum Gasteiger partial charge on any atom is 0.146 e. The molecule has 1 atom stereocenters. The standard InChI is InChI=1S/C16H25FN2O/c1-3-10-18-16(12-20,13-8-9-13)11-19(2)15-7-5-4-6-14(15)17/h4-7,13,18,20H,3,8-12H2,1-2H3.